The lowest BCUT2D eigenvalue weighted by atomic mass is 9.81. The molecular weight excluding hydrogens is 400 g/mol. The minimum Gasteiger partial charge on any atom is -0.496 e. The zero-order valence-electron chi connectivity index (χ0n) is 19.5. The van der Waals surface area contributed by atoms with E-state index in [9.17, 15) is 0 Å². The molecule has 7 nitrogen and oxygen atoms in total. The first-order chi connectivity index (χ1) is 14.9. The van der Waals surface area contributed by atoms with Crippen LogP contribution < -0.4 is 28.4 Å². The summed E-state index contributed by atoms with van der Waals surface area (Å²) in [7, 11) is 9.76. The molecule has 170 valence electrons. The fourth-order valence-corrected chi connectivity index (χ4v) is 4.54. The highest BCUT2D eigenvalue weighted by molar-refractivity contribution is 5.54. The number of rotatable bonds is 8. The van der Waals surface area contributed by atoms with Gasteiger partial charge in [0.2, 0.25) is 0 Å². The molecule has 0 spiro atoms. The van der Waals surface area contributed by atoms with E-state index >= 15 is 0 Å². The van der Waals surface area contributed by atoms with Crippen LogP contribution in [-0.4, -0.2) is 48.8 Å². The van der Waals surface area contributed by atoms with Crippen molar-refractivity contribution in [1.82, 2.24) is 0 Å². The molecule has 1 fully saturated rings. The van der Waals surface area contributed by atoms with Gasteiger partial charge in [0.05, 0.1) is 54.9 Å². The molecule has 3 rings (SSSR count). The van der Waals surface area contributed by atoms with Gasteiger partial charge in [0.1, 0.15) is 11.5 Å². The minimum atomic E-state index is -0.201. The highest BCUT2D eigenvalue weighted by atomic mass is 16.5. The average molecular weight is 433 g/mol. The minimum absolute atomic E-state index is 0.0650. The predicted molar refractivity (Wildman–Crippen MR) is 117 cm³/mol. The van der Waals surface area contributed by atoms with Gasteiger partial charge in [-0.25, -0.2) is 0 Å². The van der Waals surface area contributed by atoms with E-state index in [1.54, 1.807) is 42.7 Å². The highest BCUT2D eigenvalue weighted by Crippen LogP contribution is 2.53. The third kappa shape index (κ3) is 4.06. The Morgan fingerprint density at radius 1 is 0.548 bits per heavy atom. The van der Waals surface area contributed by atoms with Crippen LogP contribution in [0.3, 0.4) is 0 Å². The van der Waals surface area contributed by atoms with Crippen LogP contribution in [0.2, 0.25) is 0 Å². The SMILES string of the molecule is COc1cc(OC)c([C@H]2[C@@H](C)[C@@H](c3cc(OC)c(OC)cc3OC)O[C@H]2C)cc1OC. The maximum atomic E-state index is 6.47. The van der Waals surface area contributed by atoms with Gasteiger partial charge in [0, 0.05) is 29.2 Å². The third-order valence-electron chi connectivity index (χ3n) is 6.05. The summed E-state index contributed by atoms with van der Waals surface area (Å²) in [6.45, 7) is 4.25. The van der Waals surface area contributed by atoms with Gasteiger partial charge in [-0.05, 0) is 25.0 Å². The Labute approximate surface area is 184 Å². The van der Waals surface area contributed by atoms with Gasteiger partial charge in [-0.1, -0.05) is 6.92 Å². The number of ether oxygens (including phenoxy) is 7. The van der Waals surface area contributed by atoms with Crippen molar-refractivity contribution in [2.24, 2.45) is 5.92 Å². The fraction of sp³-hybridized carbons (Fsp3) is 0.500. The van der Waals surface area contributed by atoms with Crippen LogP contribution in [0, 0.1) is 5.92 Å². The summed E-state index contributed by atoms with van der Waals surface area (Å²) in [4.78, 5) is 0. The van der Waals surface area contributed by atoms with Gasteiger partial charge >= 0.3 is 0 Å². The van der Waals surface area contributed by atoms with E-state index in [1.165, 1.54) is 0 Å². The van der Waals surface area contributed by atoms with Gasteiger partial charge in [-0.15, -0.1) is 0 Å². The second-order valence-electron chi connectivity index (χ2n) is 7.54. The van der Waals surface area contributed by atoms with E-state index in [2.05, 4.69) is 13.8 Å². The van der Waals surface area contributed by atoms with Crippen LogP contribution in [0.5, 0.6) is 34.5 Å². The first-order valence-electron chi connectivity index (χ1n) is 10.2. The largest absolute Gasteiger partial charge is 0.496 e. The van der Waals surface area contributed by atoms with Crippen LogP contribution in [-0.2, 0) is 4.74 Å². The average Bonchev–Trinajstić information content (AvgIpc) is 3.10. The number of hydrogen-bond donors (Lipinski definition) is 0. The molecule has 7 heteroatoms. The summed E-state index contributed by atoms with van der Waals surface area (Å²) in [6, 6.07) is 7.60. The molecule has 0 radical (unpaired) electrons. The molecule has 2 aromatic rings. The predicted octanol–water partition coefficient (Wildman–Crippen LogP) is 4.62. The van der Waals surface area contributed by atoms with Crippen molar-refractivity contribution in [3.63, 3.8) is 0 Å². The Morgan fingerprint density at radius 3 is 1.39 bits per heavy atom. The van der Waals surface area contributed by atoms with E-state index in [-0.39, 0.29) is 24.0 Å². The molecule has 0 amide bonds. The Morgan fingerprint density at radius 2 is 0.935 bits per heavy atom. The molecular formula is C24H32O7. The standard InChI is InChI=1S/C24H32O7/c1-13-23(15-9-19(27-5)21(29-7)11-17(15)25-3)14(2)31-24(13)16-10-20(28-6)22(30-8)12-18(16)26-4/h9-14,23-24H,1-8H3/t13-,14+,23+,24+/m1/s1. The lowest BCUT2D eigenvalue weighted by molar-refractivity contribution is 0.0415. The molecule has 1 saturated heterocycles. The van der Waals surface area contributed by atoms with Crippen LogP contribution in [0.15, 0.2) is 24.3 Å². The van der Waals surface area contributed by atoms with Gasteiger partial charge in [0.25, 0.3) is 0 Å². The molecule has 4 atom stereocenters. The van der Waals surface area contributed by atoms with E-state index < -0.39 is 0 Å². The Bertz CT molecular complexity index is 911. The summed E-state index contributed by atoms with van der Waals surface area (Å²) in [6.07, 6.45) is -0.266. The fourth-order valence-electron chi connectivity index (χ4n) is 4.54. The van der Waals surface area contributed by atoms with Crippen molar-refractivity contribution in [3.8, 4) is 34.5 Å². The molecule has 2 aromatic carbocycles. The van der Waals surface area contributed by atoms with Crippen LogP contribution in [0.4, 0.5) is 0 Å². The number of methoxy groups -OCH3 is 6. The maximum absolute atomic E-state index is 6.47. The maximum Gasteiger partial charge on any atom is 0.164 e. The van der Waals surface area contributed by atoms with Crippen molar-refractivity contribution < 1.29 is 33.2 Å². The van der Waals surface area contributed by atoms with Gasteiger partial charge in [-0.3, -0.25) is 0 Å². The summed E-state index contributed by atoms with van der Waals surface area (Å²) in [5, 5.41) is 0. The Hall–Kier alpha value is -2.80. The van der Waals surface area contributed by atoms with Crippen molar-refractivity contribution in [3.05, 3.63) is 35.4 Å². The summed E-state index contributed by atoms with van der Waals surface area (Å²) in [5.74, 6) is 4.15. The van der Waals surface area contributed by atoms with E-state index in [4.69, 9.17) is 33.2 Å². The zero-order chi connectivity index (χ0) is 22.7. The smallest absolute Gasteiger partial charge is 0.164 e. The van der Waals surface area contributed by atoms with E-state index in [1.807, 2.05) is 24.3 Å². The van der Waals surface area contributed by atoms with Crippen molar-refractivity contribution in [1.29, 1.82) is 0 Å². The summed E-state index contributed by atoms with van der Waals surface area (Å²) >= 11 is 0. The van der Waals surface area contributed by atoms with E-state index in [0.717, 1.165) is 16.9 Å². The molecule has 31 heavy (non-hydrogen) atoms. The molecule has 1 aliphatic heterocycles. The first-order valence-corrected chi connectivity index (χ1v) is 10.2. The molecule has 0 unspecified atom stereocenters. The molecule has 0 saturated carbocycles. The van der Waals surface area contributed by atoms with Crippen LogP contribution >= 0.6 is 0 Å². The molecule has 1 heterocycles. The lowest BCUT2D eigenvalue weighted by Crippen LogP contribution is -2.16. The van der Waals surface area contributed by atoms with Crippen molar-refractivity contribution in [2.45, 2.75) is 32.0 Å². The quantitative estimate of drug-likeness (QED) is 0.603. The Balaban J connectivity index is 2.06. The van der Waals surface area contributed by atoms with E-state index in [0.29, 0.717) is 28.7 Å². The molecule has 0 N–H and O–H groups in total. The highest BCUT2D eigenvalue weighted by Gasteiger charge is 2.44. The molecule has 0 aliphatic carbocycles. The summed E-state index contributed by atoms with van der Waals surface area (Å²) in [5.41, 5.74) is 1.93. The van der Waals surface area contributed by atoms with Crippen LogP contribution in [0.1, 0.15) is 37.0 Å². The Kier molecular flexibility index (Phi) is 7.05. The second-order valence-corrected chi connectivity index (χ2v) is 7.54. The summed E-state index contributed by atoms with van der Waals surface area (Å²) < 4.78 is 39.7. The first kappa shape index (κ1) is 22.9. The number of benzene rings is 2. The normalized spacial score (nSPS) is 22.7. The van der Waals surface area contributed by atoms with Crippen LogP contribution in [0.25, 0.3) is 0 Å². The third-order valence-corrected chi connectivity index (χ3v) is 6.05. The lowest BCUT2D eigenvalue weighted by Gasteiger charge is -2.24. The second kappa shape index (κ2) is 9.56. The van der Waals surface area contributed by atoms with Crippen molar-refractivity contribution >= 4 is 0 Å². The topological polar surface area (TPSA) is 64.6 Å². The zero-order valence-corrected chi connectivity index (χ0v) is 19.5. The molecule has 0 aromatic heterocycles. The van der Waals surface area contributed by atoms with Gasteiger partial charge < -0.3 is 33.2 Å². The number of hydrogen-bond acceptors (Lipinski definition) is 7. The van der Waals surface area contributed by atoms with Gasteiger partial charge in [-0.2, -0.15) is 0 Å². The monoisotopic (exact) mass is 432 g/mol. The molecule has 1 aliphatic rings. The molecule has 0 bridgehead atoms. The van der Waals surface area contributed by atoms with Crippen molar-refractivity contribution in [2.75, 3.05) is 42.7 Å². The van der Waals surface area contributed by atoms with Gasteiger partial charge in [0.15, 0.2) is 23.0 Å².